The molecule has 0 fully saturated rings. The van der Waals surface area contributed by atoms with Crippen molar-refractivity contribution in [3.8, 4) is 5.75 Å². The topological polar surface area (TPSA) is 108 Å². The third-order valence-corrected chi connectivity index (χ3v) is 4.26. The van der Waals surface area contributed by atoms with Crippen molar-refractivity contribution in [3.63, 3.8) is 0 Å². The highest BCUT2D eigenvalue weighted by Gasteiger charge is 2.18. The molecule has 2 aromatic rings. The second kappa shape index (κ2) is 7.24. The van der Waals surface area contributed by atoms with Crippen LogP contribution in [0, 0.1) is 6.92 Å². The van der Waals surface area contributed by atoms with Gasteiger partial charge in [-0.3, -0.25) is 0 Å². The van der Waals surface area contributed by atoms with Crippen molar-refractivity contribution in [2.45, 2.75) is 32.6 Å². The average Bonchev–Trinajstić information content (AvgIpc) is 2.81. The first-order valence-corrected chi connectivity index (χ1v) is 7.83. The summed E-state index contributed by atoms with van der Waals surface area (Å²) in [6, 6.07) is 6.94. The highest BCUT2D eigenvalue weighted by molar-refractivity contribution is 5.85. The van der Waals surface area contributed by atoms with E-state index in [0.29, 0.717) is 23.5 Å². The quantitative estimate of drug-likeness (QED) is 0.564. The van der Waals surface area contributed by atoms with Crippen molar-refractivity contribution in [1.29, 1.82) is 0 Å². The molecule has 5 nitrogen and oxygen atoms in total. The number of aromatic hydroxyl groups is 1. The van der Waals surface area contributed by atoms with Crippen molar-refractivity contribution in [2.24, 2.45) is 5.73 Å². The predicted octanol–water partition coefficient (Wildman–Crippen LogP) is 2.94. The molecule has 0 amide bonds. The number of nitrogen functional groups attached to an aromatic ring is 1. The molecule has 5 heteroatoms. The zero-order chi connectivity index (χ0) is 17.0. The molecule has 0 spiro atoms. The van der Waals surface area contributed by atoms with E-state index in [1.54, 1.807) is 24.3 Å². The summed E-state index contributed by atoms with van der Waals surface area (Å²) in [6.07, 6.45) is 3.39. The number of aliphatic hydroxyl groups excluding tert-OH is 1. The van der Waals surface area contributed by atoms with E-state index in [2.05, 4.69) is 11.9 Å². The summed E-state index contributed by atoms with van der Waals surface area (Å²) < 4.78 is 0. The zero-order valence-corrected chi connectivity index (χ0v) is 13.6. The second-order valence-corrected chi connectivity index (χ2v) is 5.73. The molecule has 0 aliphatic carbocycles. The van der Waals surface area contributed by atoms with Crippen LogP contribution in [0.25, 0.3) is 11.8 Å². The van der Waals surface area contributed by atoms with Gasteiger partial charge in [-0.25, -0.2) is 0 Å². The van der Waals surface area contributed by atoms with E-state index < -0.39 is 0 Å². The number of anilines is 1. The van der Waals surface area contributed by atoms with E-state index in [-0.39, 0.29) is 18.3 Å². The molecular weight excluding hydrogens is 290 g/mol. The number of para-hydroxylation sites is 1. The molecule has 1 aromatic carbocycles. The van der Waals surface area contributed by atoms with Crippen molar-refractivity contribution in [2.75, 3.05) is 12.3 Å². The third-order valence-electron chi connectivity index (χ3n) is 4.26. The number of rotatable bonds is 6. The first-order chi connectivity index (χ1) is 11.0. The molecule has 2 rings (SSSR count). The van der Waals surface area contributed by atoms with Gasteiger partial charge in [0, 0.05) is 35.0 Å². The van der Waals surface area contributed by atoms with Crippen molar-refractivity contribution < 1.29 is 10.2 Å². The molecule has 1 heterocycles. The summed E-state index contributed by atoms with van der Waals surface area (Å²) in [7, 11) is 0. The number of H-pyrrole nitrogens is 1. The van der Waals surface area contributed by atoms with Crippen LogP contribution in [-0.4, -0.2) is 21.8 Å². The first kappa shape index (κ1) is 17.0. The lowest BCUT2D eigenvalue weighted by molar-refractivity contribution is 0.273. The Kier molecular flexibility index (Phi) is 5.34. The molecule has 0 radical (unpaired) electrons. The van der Waals surface area contributed by atoms with Crippen LogP contribution in [0.2, 0.25) is 0 Å². The lowest BCUT2D eigenvalue weighted by Crippen LogP contribution is -2.02. The number of phenols is 1. The number of hydrogen-bond donors (Lipinski definition) is 5. The van der Waals surface area contributed by atoms with Gasteiger partial charge >= 0.3 is 0 Å². The Bertz CT molecular complexity index is 704. The largest absolute Gasteiger partial charge is 0.507 e. The molecule has 0 saturated carbocycles. The number of benzene rings is 1. The Labute approximate surface area is 136 Å². The fourth-order valence-corrected chi connectivity index (χ4v) is 2.91. The SMILES string of the molecule is CC[C@H](CCO)c1[nH]c(N)c(/C=C(\N)c2ccccc2O)c1C. The van der Waals surface area contributed by atoms with E-state index in [0.717, 1.165) is 23.2 Å². The molecule has 0 unspecified atom stereocenters. The van der Waals surface area contributed by atoms with Crippen LogP contribution >= 0.6 is 0 Å². The zero-order valence-electron chi connectivity index (χ0n) is 13.6. The molecule has 0 aliphatic heterocycles. The minimum Gasteiger partial charge on any atom is -0.507 e. The lowest BCUT2D eigenvalue weighted by atomic mass is 9.95. The maximum atomic E-state index is 9.91. The van der Waals surface area contributed by atoms with Crippen LogP contribution < -0.4 is 11.5 Å². The summed E-state index contributed by atoms with van der Waals surface area (Å²) in [5, 5.41) is 19.1. The van der Waals surface area contributed by atoms with E-state index >= 15 is 0 Å². The molecule has 7 N–H and O–H groups in total. The Morgan fingerprint density at radius 3 is 2.65 bits per heavy atom. The maximum absolute atomic E-state index is 9.91. The molecule has 23 heavy (non-hydrogen) atoms. The van der Waals surface area contributed by atoms with Crippen LogP contribution in [0.15, 0.2) is 24.3 Å². The van der Waals surface area contributed by atoms with Gasteiger partial charge in [-0.1, -0.05) is 19.1 Å². The van der Waals surface area contributed by atoms with Gasteiger partial charge in [0.25, 0.3) is 0 Å². The van der Waals surface area contributed by atoms with Crippen molar-refractivity contribution in [3.05, 3.63) is 46.6 Å². The van der Waals surface area contributed by atoms with Crippen LogP contribution in [-0.2, 0) is 0 Å². The monoisotopic (exact) mass is 315 g/mol. The number of aromatic nitrogens is 1. The Morgan fingerprint density at radius 1 is 1.35 bits per heavy atom. The molecule has 0 bridgehead atoms. The second-order valence-electron chi connectivity index (χ2n) is 5.73. The number of phenolic OH excluding ortho intramolecular Hbond substituents is 1. The number of nitrogens with two attached hydrogens (primary N) is 2. The van der Waals surface area contributed by atoms with E-state index in [1.165, 1.54) is 0 Å². The predicted molar refractivity (Wildman–Crippen MR) is 94.8 cm³/mol. The molecule has 1 atom stereocenters. The molecule has 0 saturated heterocycles. The van der Waals surface area contributed by atoms with Gasteiger partial charge in [0.05, 0.1) is 0 Å². The van der Waals surface area contributed by atoms with Crippen LogP contribution in [0.5, 0.6) is 5.75 Å². The van der Waals surface area contributed by atoms with Gasteiger partial charge in [-0.2, -0.15) is 0 Å². The van der Waals surface area contributed by atoms with Gasteiger partial charge in [0.1, 0.15) is 11.6 Å². The summed E-state index contributed by atoms with van der Waals surface area (Å²) in [5.41, 5.74) is 16.2. The van der Waals surface area contributed by atoms with Crippen LogP contribution in [0.4, 0.5) is 5.82 Å². The van der Waals surface area contributed by atoms with Crippen molar-refractivity contribution in [1.82, 2.24) is 4.98 Å². The number of nitrogens with one attached hydrogen (secondary N) is 1. The minimum absolute atomic E-state index is 0.139. The number of hydrogen-bond acceptors (Lipinski definition) is 4. The van der Waals surface area contributed by atoms with E-state index in [9.17, 15) is 10.2 Å². The first-order valence-electron chi connectivity index (χ1n) is 7.83. The molecule has 1 aromatic heterocycles. The Morgan fingerprint density at radius 2 is 2.04 bits per heavy atom. The fraction of sp³-hybridized carbons (Fsp3) is 0.333. The van der Waals surface area contributed by atoms with E-state index in [4.69, 9.17) is 11.5 Å². The van der Waals surface area contributed by atoms with Gasteiger partial charge in [0.2, 0.25) is 0 Å². The summed E-state index contributed by atoms with van der Waals surface area (Å²) in [5.74, 6) is 0.919. The molecule has 124 valence electrons. The number of aliphatic hydroxyl groups is 1. The Balaban J connectivity index is 2.43. The maximum Gasteiger partial charge on any atom is 0.124 e. The smallest absolute Gasteiger partial charge is 0.124 e. The third kappa shape index (κ3) is 3.51. The summed E-state index contributed by atoms with van der Waals surface area (Å²) in [4.78, 5) is 3.22. The van der Waals surface area contributed by atoms with Crippen LogP contribution in [0.3, 0.4) is 0 Å². The van der Waals surface area contributed by atoms with Gasteiger partial charge < -0.3 is 26.7 Å². The normalized spacial score (nSPS) is 13.3. The standard InChI is InChI=1S/C18H25N3O2/c1-3-12(8-9-22)17-11(2)14(18(20)21-17)10-15(19)13-6-4-5-7-16(13)23/h4-7,10,12,21-23H,3,8-9,19-20H2,1-2H3/b15-10-/t12-/m1/s1. The molecular formula is C18H25N3O2. The Hall–Kier alpha value is -2.40. The molecule has 0 aliphatic rings. The van der Waals surface area contributed by atoms with Gasteiger partial charge in [0.15, 0.2) is 0 Å². The lowest BCUT2D eigenvalue weighted by Gasteiger charge is -2.13. The van der Waals surface area contributed by atoms with Crippen molar-refractivity contribution >= 4 is 17.6 Å². The van der Waals surface area contributed by atoms with Gasteiger partial charge in [-0.15, -0.1) is 0 Å². The minimum atomic E-state index is 0.139. The summed E-state index contributed by atoms with van der Waals surface area (Å²) in [6.45, 7) is 4.22. The average molecular weight is 315 g/mol. The van der Waals surface area contributed by atoms with E-state index in [1.807, 2.05) is 13.0 Å². The van der Waals surface area contributed by atoms with Gasteiger partial charge in [-0.05, 0) is 43.5 Å². The summed E-state index contributed by atoms with van der Waals surface area (Å²) >= 11 is 0. The van der Waals surface area contributed by atoms with Crippen LogP contribution in [0.1, 0.15) is 48.1 Å². The fourth-order valence-electron chi connectivity index (χ4n) is 2.91. The number of aromatic amines is 1. The highest BCUT2D eigenvalue weighted by atomic mass is 16.3. The highest BCUT2D eigenvalue weighted by Crippen LogP contribution is 2.33.